The van der Waals surface area contributed by atoms with E-state index >= 15 is 0 Å². The molecule has 1 fully saturated rings. The summed E-state index contributed by atoms with van der Waals surface area (Å²) in [6.45, 7) is 7.60. The smallest absolute Gasteiger partial charge is 0.259 e. The molecule has 1 aliphatic carbocycles. The molecular formula is C34H41N5O3. The Balaban J connectivity index is 1.46. The zero-order valence-corrected chi connectivity index (χ0v) is 25.1. The van der Waals surface area contributed by atoms with E-state index < -0.39 is 5.60 Å². The highest BCUT2D eigenvalue weighted by Crippen LogP contribution is 2.32. The number of hydrogen-bond acceptors (Lipinski definition) is 6. The van der Waals surface area contributed by atoms with Crippen LogP contribution < -0.4 is 5.56 Å². The quantitative estimate of drug-likeness (QED) is 0.251. The Hall–Kier alpha value is -3.80. The number of fused-ring (bicyclic) bond motifs is 1. The van der Waals surface area contributed by atoms with E-state index in [0.717, 1.165) is 72.9 Å². The van der Waals surface area contributed by atoms with E-state index in [1.807, 2.05) is 52.4 Å². The van der Waals surface area contributed by atoms with Gasteiger partial charge >= 0.3 is 0 Å². The van der Waals surface area contributed by atoms with Gasteiger partial charge in [0.25, 0.3) is 5.56 Å². The molecule has 220 valence electrons. The Morgan fingerprint density at radius 3 is 2.50 bits per heavy atom. The van der Waals surface area contributed by atoms with Gasteiger partial charge in [0.15, 0.2) is 0 Å². The van der Waals surface area contributed by atoms with Crippen LogP contribution in [0.2, 0.25) is 0 Å². The summed E-state index contributed by atoms with van der Waals surface area (Å²) in [5.74, 6) is 0.604. The minimum Gasteiger partial charge on any atom is -0.388 e. The van der Waals surface area contributed by atoms with Gasteiger partial charge in [-0.2, -0.15) is 15.3 Å². The van der Waals surface area contributed by atoms with Crippen LogP contribution in [0.3, 0.4) is 0 Å². The highest BCUT2D eigenvalue weighted by Gasteiger charge is 2.31. The molecule has 4 aromatic rings. The summed E-state index contributed by atoms with van der Waals surface area (Å²) >= 11 is 0. The predicted molar refractivity (Wildman–Crippen MR) is 163 cm³/mol. The summed E-state index contributed by atoms with van der Waals surface area (Å²) in [5.41, 5.74) is 4.35. The summed E-state index contributed by atoms with van der Waals surface area (Å²) in [7, 11) is 0. The molecular weight excluding hydrogens is 526 g/mol. The molecule has 1 atom stereocenters. The van der Waals surface area contributed by atoms with E-state index in [1.165, 1.54) is 0 Å². The normalized spacial score (nSPS) is 18.2. The van der Waals surface area contributed by atoms with E-state index in [9.17, 15) is 15.2 Å². The van der Waals surface area contributed by atoms with Crippen LogP contribution in [0, 0.1) is 11.3 Å². The molecule has 1 N–H and O–H groups in total. The van der Waals surface area contributed by atoms with Gasteiger partial charge in [-0.15, -0.1) is 0 Å². The lowest BCUT2D eigenvalue weighted by molar-refractivity contribution is -0.118. The third-order valence-electron chi connectivity index (χ3n) is 8.69. The molecule has 0 bridgehead atoms. The zero-order chi connectivity index (χ0) is 29.9. The lowest BCUT2D eigenvalue weighted by Gasteiger charge is -2.35. The maximum Gasteiger partial charge on any atom is 0.259 e. The van der Waals surface area contributed by atoms with E-state index in [1.54, 1.807) is 20.2 Å². The maximum absolute atomic E-state index is 14.3. The average Bonchev–Trinajstić information content (AvgIpc) is 3.47. The first-order chi connectivity index (χ1) is 20.2. The van der Waals surface area contributed by atoms with Crippen molar-refractivity contribution in [3.05, 3.63) is 87.6 Å². The zero-order valence-electron chi connectivity index (χ0n) is 25.1. The van der Waals surface area contributed by atoms with Crippen LogP contribution in [0.25, 0.3) is 16.9 Å². The number of ether oxygens (including phenoxy) is 1. The van der Waals surface area contributed by atoms with Crippen LogP contribution >= 0.6 is 0 Å². The van der Waals surface area contributed by atoms with Gasteiger partial charge < -0.3 is 9.84 Å². The second kappa shape index (κ2) is 12.6. The largest absolute Gasteiger partial charge is 0.388 e. The van der Waals surface area contributed by atoms with Gasteiger partial charge in [-0.05, 0) is 82.1 Å². The van der Waals surface area contributed by atoms with Crippen molar-refractivity contribution in [2.75, 3.05) is 0 Å². The second-order valence-corrected chi connectivity index (χ2v) is 12.1. The first-order valence-electron chi connectivity index (χ1n) is 15.1. The van der Waals surface area contributed by atoms with Gasteiger partial charge in [0, 0.05) is 18.0 Å². The van der Waals surface area contributed by atoms with Crippen LogP contribution in [0.15, 0.2) is 59.7 Å². The molecule has 8 heteroatoms. The molecule has 0 spiro atoms. The lowest BCUT2D eigenvalue weighted by Crippen LogP contribution is -2.40. The standard InChI is InChI=1S/C34H41N5O3/c1-5-6-11-31-30(20-24-12-14-25(15-13-24)29-10-8-7-9-26(29)21-35)32(40)38(33-36-22-37-39(31)33)27-16-18-28(19-17-27)42-23(2)34(3,4)41/h7-10,12-15,22-23,27-28,41H,5-6,11,16-20H2,1-4H3. The lowest BCUT2D eigenvalue weighted by atomic mass is 9.91. The van der Waals surface area contributed by atoms with Crippen molar-refractivity contribution in [3.63, 3.8) is 0 Å². The second-order valence-electron chi connectivity index (χ2n) is 12.1. The molecule has 2 aromatic heterocycles. The van der Waals surface area contributed by atoms with Crippen molar-refractivity contribution in [1.82, 2.24) is 19.2 Å². The van der Waals surface area contributed by atoms with Crippen molar-refractivity contribution in [1.29, 1.82) is 5.26 Å². The third-order valence-corrected chi connectivity index (χ3v) is 8.69. The van der Waals surface area contributed by atoms with Crippen molar-refractivity contribution < 1.29 is 9.84 Å². The molecule has 0 saturated heterocycles. The monoisotopic (exact) mass is 567 g/mol. The Bertz CT molecular complexity index is 1620. The SMILES string of the molecule is CCCCc1c(Cc2ccc(-c3ccccc3C#N)cc2)c(=O)n(C2CCC(OC(C)C(C)(C)O)CC2)c2ncnn12. The van der Waals surface area contributed by atoms with Crippen LogP contribution in [0.1, 0.15) is 94.6 Å². The highest BCUT2D eigenvalue weighted by molar-refractivity contribution is 5.70. The Morgan fingerprint density at radius 2 is 1.83 bits per heavy atom. The minimum absolute atomic E-state index is 0.00493. The summed E-state index contributed by atoms with van der Waals surface area (Å²) in [5, 5.41) is 24.4. The van der Waals surface area contributed by atoms with Gasteiger partial charge in [-0.1, -0.05) is 55.8 Å². The highest BCUT2D eigenvalue weighted by atomic mass is 16.5. The number of nitriles is 1. The van der Waals surface area contributed by atoms with Crippen LogP contribution in [0.5, 0.6) is 0 Å². The Kier molecular flexibility index (Phi) is 8.91. The average molecular weight is 568 g/mol. The number of rotatable bonds is 10. The van der Waals surface area contributed by atoms with E-state index in [4.69, 9.17) is 4.74 Å². The number of aryl methyl sites for hydroxylation is 1. The van der Waals surface area contributed by atoms with Gasteiger partial charge in [0.05, 0.1) is 35.1 Å². The molecule has 42 heavy (non-hydrogen) atoms. The minimum atomic E-state index is -0.901. The first-order valence-corrected chi connectivity index (χ1v) is 15.1. The summed E-state index contributed by atoms with van der Waals surface area (Å²) < 4.78 is 9.92. The molecule has 2 aromatic carbocycles. The third kappa shape index (κ3) is 6.18. The molecule has 0 radical (unpaired) electrons. The van der Waals surface area contributed by atoms with E-state index in [-0.39, 0.29) is 23.8 Å². The first kappa shape index (κ1) is 29.7. The molecule has 0 aliphatic heterocycles. The fourth-order valence-electron chi connectivity index (χ4n) is 5.92. The van der Waals surface area contributed by atoms with Gasteiger partial charge in [0.1, 0.15) is 6.33 Å². The van der Waals surface area contributed by atoms with Gasteiger partial charge in [-0.25, -0.2) is 4.52 Å². The Labute approximate surface area is 247 Å². The molecule has 0 amide bonds. The molecule has 5 rings (SSSR count). The number of nitrogens with zero attached hydrogens (tertiary/aromatic N) is 5. The number of unbranched alkanes of at least 4 members (excludes halogenated alkanes) is 1. The van der Waals surface area contributed by atoms with Gasteiger partial charge in [-0.3, -0.25) is 9.36 Å². The van der Waals surface area contributed by atoms with Crippen LogP contribution in [-0.2, 0) is 17.6 Å². The number of hydrogen-bond donors (Lipinski definition) is 1. The summed E-state index contributed by atoms with van der Waals surface area (Å²) in [6.07, 6.45) is 7.78. The maximum atomic E-state index is 14.3. The Morgan fingerprint density at radius 1 is 1.12 bits per heavy atom. The molecule has 1 saturated carbocycles. The van der Waals surface area contributed by atoms with E-state index in [0.29, 0.717) is 17.8 Å². The van der Waals surface area contributed by atoms with Crippen molar-refractivity contribution in [2.45, 2.75) is 103 Å². The summed E-state index contributed by atoms with van der Waals surface area (Å²) in [6, 6.07) is 18.0. The van der Waals surface area contributed by atoms with Crippen molar-refractivity contribution >= 4 is 5.78 Å². The molecule has 8 nitrogen and oxygen atoms in total. The molecule has 1 unspecified atom stereocenters. The fraction of sp³-hybridized carbons (Fsp3) is 0.471. The summed E-state index contributed by atoms with van der Waals surface area (Å²) in [4.78, 5) is 18.9. The predicted octanol–water partition coefficient (Wildman–Crippen LogP) is 6.02. The fourth-order valence-corrected chi connectivity index (χ4v) is 5.92. The topological polar surface area (TPSA) is 105 Å². The van der Waals surface area contributed by atoms with Crippen LogP contribution in [-0.4, -0.2) is 42.1 Å². The number of aliphatic hydroxyl groups is 1. The van der Waals surface area contributed by atoms with Crippen molar-refractivity contribution in [3.8, 4) is 17.2 Å². The number of benzene rings is 2. The van der Waals surface area contributed by atoms with Crippen molar-refractivity contribution in [2.24, 2.45) is 0 Å². The molecule has 2 heterocycles. The van der Waals surface area contributed by atoms with E-state index in [2.05, 4.69) is 35.2 Å². The van der Waals surface area contributed by atoms with Gasteiger partial charge in [0.2, 0.25) is 5.78 Å². The molecule has 1 aliphatic rings. The number of aromatic nitrogens is 4. The van der Waals surface area contributed by atoms with Crippen LogP contribution in [0.4, 0.5) is 0 Å².